The Morgan fingerprint density at radius 3 is 2.40 bits per heavy atom. The van der Waals surface area contributed by atoms with Crippen molar-refractivity contribution in [2.75, 3.05) is 23.8 Å². The largest absolute Gasteiger partial charge is 0.376 e. The van der Waals surface area contributed by atoms with Crippen LogP contribution in [-0.4, -0.2) is 41.0 Å². The van der Waals surface area contributed by atoms with E-state index in [2.05, 4.69) is 21.0 Å². The Kier molecular flexibility index (Phi) is 6.05. The molecule has 2 heterocycles. The summed E-state index contributed by atoms with van der Waals surface area (Å²) in [4.78, 5) is 24.4. The highest BCUT2D eigenvalue weighted by molar-refractivity contribution is 6.04. The number of carbonyl (C=O) groups excluding carboxylic acids is 2. The van der Waals surface area contributed by atoms with E-state index in [0.29, 0.717) is 23.5 Å². The van der Waals surface area contributed by atoms with Gasteiger partial charge in [-0.15, -0.1) is 0 Å². The predicted octanol–water partition coefficient (Wildman–Crippen LogP) is 3.43. The van der Waals surface area contributed by atoms with Crippen molar-refractivity contribution in [3.63, 3.8) is 0 Å². The fourth-order valence-corrected chi connectivity index (χ4v) is 3.21. The fraction of sp³-hybridized carbons (Fsp3) is 0.227. The second-order valence-corrected chi connectivity index (χ2v) is 7.00. The minimum atomic E-state index is -0.278. The van der Waals surface area contributed by atoms with E-state index in [1.165, 1.54) is 0 Å². The summed E-state index contributed by atoms with van der Waals surface area (Å²) in [5.41, 5.74) is 2.70. The van der Waals surface area contributed by atoms with Crippen LogP contribution < -0.4 is 16.0 Å². The average Bonchev–Trinajstić information content (AvgIpc) is 3.48. The Morgan fingerprint density at radius 2 is 1.77 bits per heavy atom. The summed E-state index contributed by atoms with van der Waals surface area (Å²) in [5.74, 6) is -0.211. The van der Waals surface area contributed by atoms with Crippen LogP contribution in [-0.2, 0) is 4.74 Å². The molecule has 1 fully saturated rings. The van der Waals surface area contributed by atoms with Crippen LogP contribution in [0.2, 0.25) is 0 Å². The summed E-state index contributed by atoms with van der Waals surface area (Å²) in [6, 6.07) is 15.7. The minimum absolute atomic E-state index is 0.0990. The Hall–Kier alpha value is -3.65. The van der Waals surface area contributed by atoms with Gasteiger partial charge in [0.05, 0.1) is 11.8 Å². The third-order valence-electron chi connectivity index (χ3n) is 4.81. The lowest BCUT2D eigenvalue weighted by Gasteiger charge is -2.12. The number of rotatable bonds is 6. The number of carbonyl (C=O) groups is 2. The second-order valence-electron chi connectivity index (χ2n) is 7.00. The third kappa shape index (κ3) is 5.03. The van der Waals surface area contributed by atoms with E-state index >= 15 is 0 Å². The molecule has 3 amide bonds. The highest BCUT2D eigenvalue weighted by Gasteiger charge is 2.16. The van der Waals surface area contributed by atoms with Gasteiger partial charge in [-0.2, -0.15) is 5.10 Å². The van der Waals surface area contributed by atoms with Crippen molar-refractivity contribution in [3.05, 3.63) is 72.6 Å². The number of aromatic nitrogens is 2. The van der Waals surface area contributed by atoms with Crippen LogP contribution in [0.25, 0.3) is 5.69 Å². The van der Waals surface area contributed by atoms with Gasteiger partial charge in [0.15, 0.2) is 0 Å². The molecule has 1 atom stereocenters. The summed E-state index contributed by atoms with van der Waals surface area (Å²) in [6.07, 6.45) is 5.65. The van der Waals surface area contributed by atoms with Crippen molar-refractivity contribution in [1.82, 2.24) is 15.1 Å². The second kappa shape index (κ2) is 9.23. The average molecular weight is 405 g/mol. The predicted molar refractivity (Wildman–Crippen MR) is 114 cm³/mol. The Bertz CT molecular complexity index is 979. The molecule has 0 spiro atoms. The maximum atomic E-state index is 12.5. The number of amides is 3. The number of urea groups is 1. The van der Waals surface area contributed by atoms with Gasteiger partial charge in [0.25, 0.3) is 5.91 Å². The Labute approximate surface area is 174 Å². The zero-order chi connectivity index (χ0) is 20.8. The molecule has 3 N–H and O–H groups in total. The standard InChI is InChI=1S/C22H23N5O3/c28-21(16-4-10-19(11-5-16)27-13-2-12-24-27)25-17-6-8-18(9-7-17)26-22(29)23-15-20-3-1-14-30-20/h2,4-13,20H,1,3,14-15H2,(H,25,28)(H2,23,26,29). The number of benzene rings is 2. The van der Waals surface area contributed by atoms with Gasteiger partial charge < -0.3 is 20.7 Å². The van der Waals surface area contributed by atoms with Gasteiger partial charge in [-0.3, -0.25) is 4.79 Å². The van der Waals surface area contributed by atoms with Crippen LogP contribution in [0.1, 0.15) is 23.2 Å². The number of anilines is 2. The van der Waals surface area contributed by atoms with Crippen molar-refractivity contribution in [1.29, 1.82) is 0 Å². The molecule has 0 saturated carbocycles. The summed E-state index contributed by atoms with van der Waals surface area (Å²) >= 11 is 0. The summed E-state index contributed by atoms with van der Waals surface area (Å²) in [7, 11) is 0. The smallest absolute Gasteiger partial charge is 0.319 e. The van der Waals surface area contributed by atoms with E-state index < -0.39 is 0 Å². The molecule has 154 valence electrons. The highest BCUT2D eigenvalue weighted by atomic mass is 16.5. The molecular formula is C22H23N5O3. The maximum absolute atomic E-state index is 12.5. The van der Waals surface area contributed by atoms with Gasteiger partial charge in [-0.1, -0.05) is 0 Å². The molecule has 1 unspecified atom stereocenters. The molecule has 8 heteroatoms. The molecule has 2 aromatic carbocycles. The Morgan fingerprint density at radius 1 is 1.03 bits per heavy atom. The first-order valence-electron chi connectivity index (χ1n) is 9.85. The molecular weight excluding hydrogens is 382 g/mol. The Balaban J connectivity index is 1.28. The van der Waals surface area contributed by atoms with Crippen LogP contribution in [0.5, 0.6) is 0 Å². The molecule has 0 bridgehead atoms. The number of nitrogens with one attached hydrogen (secondary N) is 3. The van der Waals surface area contributed by atoms with Gasteiger partial charge in [0.1, 0.15) is 0 Å². The molecule has 0 aliphatic carbocycles. The van der Waals surface area contributed by atoms with E-state index in [0.717, 1.165) is 25.1 Å². The van der Waals surface area contributed by atoms with Gasteiger partial charge in [-0.05, 0) is 67.4 Å². The van der Waals surface area contributed by atoms with E-state index in [1.807, 2.05) is 24.4 Å². The number of hydrogen-bond acceptors (Lipinski definition) is 4. The molecule has 8 nitrogen and oxygen atoms in total. The van der Waals surface area contributed by atoms with Crippen LogP contribution in [0.4, 0.5) is 16.2 Å². The number of nitrogens with zero attached hydrogens (tertiary/aromatic N) is 2. The van der Waals surface area contributed by atoms with E-state index in [-0.39, 0.29) is 18.0 Å². The van der Waals surface area contributed by atoms with E-state index in [1.54, 1.807) is 47.3 Å². The molecule has 1 aliphatic heterocycles. The van der Waals surface area contributed by atoms with Crippen LogP contribution in [0.15, 0.2) is 67.0 Å². The summed E-state index contributed by atoms with van der Waals surface area (Å²) < 4.78 is 7.21. The number of hydrogen-bond donors (Lipinski definition) is 3. The summed E-state index contributed by atoms with van der Waals surface area (Å²) in [5, 5.41) is 12.6. The lowest BCUT2D eigenvalue weighted by Crippen LogP contribution is -2.35. The molecule has 0 radical (unpaired) electrons. The monoisotopic (exact) mass is 405 g/mol. The quantitative estimate of drug-likeness (QED) is 0.585. The van der Waals surface area contributed by atoms with Crippen molar-refractivity contribution < 1.29 is 14.3 Å². The van der Waals surface area contributed by atoms with Crippen LogP contribution in [0.3, 0.4) is 0 Å². The van der Waals surface area contributed by atoms with Crippen molar-refractivity contribution in [2.45, 2.75) is 18.9 Å². The number of ether oxygens (including phenoxy) is 1. The molecule has 4 rings (SSSR count). The lowest BCUT2D eigenvalue weighted by molar-refractivity contribution is 0.102. The highest BCUT2D eigenvalue weighted by Crippen LogP contribution is 2.16. The normalized spacial score (nSPS) is 15.5. The van der Waals surface area contributed by atoms with E-state index in [9.17, 15) is 9.59 Å². The van der Waals surface area contributed by atoms with Crippen LogP contribution in [0, 0.1) is 0 Å². The van der Waals surface area contributed by atoms with Crippen LogP contribution >= 0.6 is 0 Å². The van der Waals surface area contributed by atoms with Crippen molar-refractivity contribution in [3.8, 4) is 5.69 Å². The lowest BCUT2D eigenvalue weighted by atomic mass is 10.2. The van der Waals surface area contributed by atoms with Gasteiger partial charge in [-0.25, -0.2) is 9.48 Å². The molecule has 3 aromatic rings. The molecule has 30 heavy (non-hydrogen) atoms. The minimum Gasteiger partial charge on any atom is -0.376 e. The van der Waals surface area contributed by atoms with Gasteiger partial charge in [0, 0.05) is 42.5 Å². The van der Waals surface area contributed by atoms with Gasteiger partial charge in [0.2, 0.25) is 0 Å². The first-order chi connectivity index (χ1) is 14.7. The zero-order valence-electron chi connectivity index (χ0n) is 16.4. The maximum Gasteiger partial charge on any atom is 0.319 e. The topological polar surface area (TPSA) is 97.3 Å². The van der Waals surface area contributed by atoms with E-state index in [4.69, 9.17) is 4.74 Å². The van der Waals surface area contributed by atoms with Crippen molar-refractivity contribution >= 4 is 23.3 Å². The third-order valence-corrected chi connectivity index (χ3v) is 4.81. The summed E-state index contributed by atoms with van der Waals surface area (Å²) in [6.45, 7) is 1.26. The first kappa shape index (κ1) is 19.7. The van der Waals surface area contributed by atoms with Gasteiger partial charge >= 0.3 is 6.03 Å². The molecule has 1 saturated heterocycles. The zero-order valence-corrected chi connectivity index (χ0v) is 16.4. The SMILES string of the molecule is O=C(NCC1CCCO1)Nc1ccc(NC(=O)c2ccc(-n3cccn3)cc2)cc1. The fourth-order valence-electron chi connectivity index (χ4n) is 3.21. The van der Waals surface area contributed by atoms with Crippen molar-refractivity contribution in [2.24, 2.45) is 0 Å². The molecule has 1 aliphatic rings. The first-order valence-corrected chi connectivity index (χ1v) is 9.85. The molecule has 1 aromatic heterocycles.